The molecule has 13 heavy (non-hydrogen) atoms. The molecule has 1 aliphatic heterocycles. The summed E-state index contributed by atoms with van der Waals surface area (Å²) in [5.41, 5.74) is 0. The van der Waals surface area contributed by atoms with Crippen molar-refractivity contribution >= 4 is 17.7 Å². The Morgan fingerprint density at radius 3 is 2.69 bits per heavy atom. The van der Waals surface area contributed by atoms with E-state index in [0.29, 0.717) is 19.3 Å². The lowest BCUT2D eigenvalue weighted by Gasteiger charge is -2.01. The van der Waals surface area contributed by atoms with E-state index in [2.05, 4.69) is 4.74 Å². The standard InChI is InChI=1S/C9H12O4/c1-6(10)3-2-4-7-5-8(11)13-9(7)12/h7H,2-5H2,1H3. The highest BCUT2D eigenvalue weighted by molar-refractivity contribution is 5.94. The van der Waals surface area contributed by atoms with Crippen LogP contribution in [-0.2, 0) is 19.1 Å². The van der Waals surface area contributed by atoms with Crippen molar-refractivity contribution in [2.45, 2.75) is 32.6 Å². The predicted molar refractivity (Wildman–Crippen MR) is 43.7 cm³/mol. The van der Waals surface area contributed by atoms with Gasteiger partial charge in [0.25, 0.3) is 0 Å². The fourth-order valence-corrected chi connectivity index (χ4v) is 1.34. The lowest BCUT2D eigenvalue weighted by Crippen LogP contribution is -2.07. The van der Waals surface area contributed by atoms with Gasteiger partial charge in [-0.3, -0.25) is 9.59 Å². The van der Waals surface area contributed by atoms with Gasteiger partial charge in [0.1, 0.15) is 5.78 Å². The Morgan fingerprint density at radius 1 is 1.54 bits per heavy atom. The maximum absolute atomic E-state index is 10.9. The first-order chi connectivity index (χ1) is 6.09. The minimum absolute atomic E-state index is 0.109. The van der Waals surface area contributed by atoms with Crippen molar-refractivity contribution in [3.63, 3.8) is 0 Å². The summed E-state index contributed by atoms with van der Waals surface area (Å²) in [6, 6.07) is 0. The highest BCUT2D eigenvalue weighted by Crippen LogP contribution is 2.21. The number of ketones is 1. The van der Waals surface area contributed by atoms with E-state index in [1.54, 1.807) is 0 Å². The monoisotopic (exact) mass is 184 g/mol. The zero-order chi connectivity index (χ0) is 9.84. The van der Waals surface area contributed by atoms with E-state index in [9.17, 15) is 14.4 Å². The molecule has 1 atom stereocenters. The number of esters is 2. The first-order valence-corrected chi connectivity index (χ1v) is 4.33. The summed E-state index contributed by atoms with van der Waals surface area (Å²) < 4.78 is 4.37. The number of carbonyl (C=O) groups excluding carboxylic acids is 3. The third-order valence-corrected chi connectivity index (χ3v) is 2.04. The minimum atomic E-state index is -0.446. The SMILES string of the molecule is CC(=O)CCCC1CC(=O)OC1=O. The average Bonchev–Trinajstić information content (AvgIpc) is 2.29. The fraction of sp³-hybridized carbons (Fsp3) is 0.667. The highest BCUT2D eigenvalue weighted by Gasteiger charge is 2.32. The number of Topliss-reactive ketones (excluding diaryl/α,β-unsaturated/α-hetero) is 1. The number of hydrogen-bond donors (Lipinski definition) is 0. The molecule has 0 radical (unpaired) electrons. The molecule has 1 saturated heterocycles. The first kappa shape index (κ1) is 9.89. The van der Waals surface area contributed by atoms with Crippen molar-refractivity contribution in [2.75, 3.05) is 0 Å². The molecule has 0 aromatic heterocycles. The summed E-state index contributed by atoms with van der Waals surface area (Å²) >= 11 is 0. The molecule has 1 rings (SSSR count). The van der Waals surface area contributed by atoms with Crippen molar-refractivity contribution < 1.29 is 19.1 Å². The number of hydrogen-bond acceptors (Lipinski definition) is 4. The normalized spacial score (nSPS) is 21.8. The van der Waals surface area contributed by atoms with Crippen molar-refractivity contribution in [3.8, 4) is 0 Å². The van der Waals surface area contributed by atoms with E-state index in [0.717, 1.165) is 0 Å². The molecule has 1 aliphatic rings. The summed E-state index contributed by atoms with van der Waals surface area (Å²) in [5, 5.41) is 0. The van der Waals surface area contributed by atoms with Gasteiger partial charge in [-0.2, -0.15) is 0 Å². The molecule has 0 spiro atoms. The number of ether oxygens (including phenoxy) is 1. The van der Waals surface area contributed by atoms with Crippen LogP contribution in [0.4, 0.5) is 0 Å². The summed E-state index contributed by atoms with van der Waals surface area (Å²) in [5.74, 6) is -1.09. The van der Waals surface area contributed by atoms with Crippen LogP contribution < -0.4 is 0 Å². The molecule has 0 saturated carbocycles. The topological polar surface area (TPSA) is 60.4 Å². The third-order valence-electron chi connectivity index (χ3n) is 2.04. The Labute approximate surface area is 76.3 Å². The van der Waals surface area contributed by atoms with Gasteiger partial charge in [0.15, 0.2) is 0 Å². The lowest BCUT2D eigenvalue weighted by molar-refractivity contribution is -0.153. The van der Waals surface area contributed by atoms with Gasteiger partial charge in [-0.15, -0.1) is 0 Å². The minimum Gasteiger partial charge on any atom is -0.393 e. The number of rotatable bonds is 4. The maximum atomic E-state index is 10.9. The molecule has 0 N–H and O–H groups in total. The average molecular weight is 184 g/mol. The van der Waals surface area contributed by atoms with E-state index < -0.39 is 11.9 Å². The van der Waals surface area contributed by atoms with Crippen LogP contribution in [0, 0.1) is 5.92 Å². The van der Waals surface area contributed by atoms with Crippen molar-refractivity contribution in [1.29, 1.82) is 0 Å². The molecular formula is C9H12O4. The van der Waals surface area contributed by atoms with E-state index in [1.165, 1.54) is 6.92 Å². The molecule has 72 valence electrons. The lowest BCUT2D eigenvalue weighted by atomic mass is 10.00. The van der Waals surface area contributed by atoms with Crippen molar-refractivity contribution in [3.05, 3.63) is 0 Å². The molecule has 1 heterocycles. The maximum Gasteiger partial charge on any atom is 0.317 e. The first-order valence-electron chi connectivity index (χ1n) is 4.33. The Hall–Kier alpha value is -1.19. The molecule has 0 aliphatic carbocycles. The quantitative estimate of drug-likeness (QED) is 0.479. The van der Waals surface area contributed by atoms with Crippen molar-refractivity contribution in [1.82, 2.24) is 0 Å². The van der Waals surface area contributed by atoms with Crippen LogP contribution in [0.25, 0.3) is 0 Å². The third kappa shape index (κ3) is 2.97. The fourth-order valence-electron chi connectivity index (χ4n) is 1.34. The second kappa shape index (κ2) is 4.16. The second-order valence-electron chi connectivity index (χ2n) is 3.29. The van der Waals surface area contributed by atoms with Gasteiger partial charge < -0.3 is 9.53 Å². The Kier molecular flexibility index (Phi) is 3.17. The van der Waals surface area contributed by atoms with Crippen LogP contribution >= 0.6 is 0 Å². The van der Waals surface area contributed by atoms with Crippen LogP contribution in [-0.4, -0.2) is 17.7 Å². The molecular weight excluding hydrogens is 172 g/mol. The van der Waals surface area contributed by atoms with E-state index in [4.69, 9.17) is 0 Å². The molecule has 1 fully saturated rings. The summed E-state index contributed by atoms with van der Waals surface area (Å²) in [6.07, 6.45) is 1.88. The molecule has 0 aromatic rings. The summed E-state index contributed by atoms with van der Waals surface area (Å²) in [7, 11) is 0. The van der Waals surface area contributed by atoms with Gasteiger partial charge >= 0.3 is 11.9 Å². The van der Waals surface area contributed by atoms with Crippen molar-refractivity contribution in [2.24, 2.45) is 5.92 Å². The molecule has 1 unspecified atom stereocenters. The Morgan fingerprint density at radius 2 is 2.23 bits per heavy atom. The molecule has 0 aromatic carbocycles. The van der Waals surface area contributed by atoms with Crippen LogP contribution in [0.15, 0.2) is 0 Å². The molecule has 4 nitrogen and oxygen atoms in total. The number of carbonyl (C=O) groups is 3. The predicted octanol–water partition coefficient (Wildman–Crippen LogP) is 0.835. The van der Waals surface area contributed by atoms with Gasteiger partial charge in [-0.1, -0.05) is 0 Å². The number of cyclic esters (lactones) is 2. The van der Waals surface area contributed by atoms with Crippen LogP contribution in [0.5, 0.6) is 0 Å². The van der Waals surface area contributed by atoms with Gasteiger partial charge in [-0.05, 0) is 19.8 Å². The van der Waals surface area contributed by atoms with Crippen LogP contribution in [0.1, 0.15) is 32.6 Å². The van der Waals surface area contributed by atoms with Gasteiger partial charge in [0.2, 0.25) is 0 Å². The van der Waals surface area contributed by atoms with E-state index in [1.807, 2.05) is 0 Å². The highest BCUT2D eigenvalue weighted by atomic mass is 16.6. The van der Waals surface area contributed by atoms with Gasteiger partial charge in [0, 0.05) is 6.42 Å². The Balaban J connectivity index is 2.26. The smallest absolute Gasteiger partial charge is 0.317 e. The largest absolute Gasteiger partial charge is 0.393 e. The van der Waals surface area contributed by atoms with E-state index >= 15 is 0 Å². The van der Waals surface area contributed by atoms with Crippen LogP contribution in [0.2, 0.25) is 0 Å². The molecule has 0 bridgehead atoms. The summed E-state index contributed by atoms with van der Waals surface area (Å²) in [6.45, 7) is 1.51. The zero-order valence-corrected chi connectivity index (χ0v) is 7.54. The van der Waals surface area contributed by atoms with E-state index in [-0.39, 0.29) is 18.1 Å². The van der Waals surface area contributed by atoms with Gasteiger partial charge in [-0.25, -0.2) is 0 Å². The molecule has 0 amide bonds. The molecule has 4 heteroatoms. The second-order valence-corrected chi connectivity index (χ2v) is 3.29. The van der Waals surface area contributed by atoms with Crippen LogP contribution in [0.3, 0.4) is 0 Å². The van der Waals surface area contributed by atoms with Gasteiger partial charge in [0.05, 0.1) is 12.3 Å². The summed E-state index contributed by atoms with van der Waals surface area (Å²) in [4.78, 5) is 32.2. The Bertz CT molecular complexity index is 244. The zero-order valence-electron chi connectivity index (χ0n) is 7.54.